The van der Waals surface area contributed by atoms with E-state index in [0.717, 1.165) is 17.6 Å². The van der Waals surface area contributed by atoms with E-state index in [4.69, 9.17) is 5.11 Å². The normalized spacial score (nSPS) is 14.4. The van der Waals surface area contributed by atoms with Crippen LogP contribution in [0.3, 0.4) is 0 Å². The molecule has 1 aliphatic rings. The highest BCUT2D eigenvalue weighted by molar-refractivity contribution is 5.76. The lowest BCUT2D eigenvalue weighted by Gasteiger charge is -2.26. The lowest BCUT2D eigenvalue weighted by atomic mass is 9.99. The maximum Gasteiger partial charge on any atom is 0.317 e. The Morgan fingerprint density at radius 1 is 1.23 bits per heavy atom. The smallest absolute Gasteiger partial charge is 0.317 e. The molecule has 1 aromatic rings. The van der Waals surface area contributed by atoms with Gasteiger partial charge in [0, 0.05) is 26.1 Å². The van der Waals surface area contributed by atoms with E-state index in [0.29, 0.717) is 26.1 Å². The first-order valence-corrected chi connectivity index (χ1v) is 7.29. The van der Waals surface area contributed by atoms with Gasteiger partial charge in [0.1, 0.15) is 5.75 Å². The summed E-state index contributed by atoms with van der Waals surface area (Å²) in [5.74, 6) is -0.615. The molecule has 22 heavy (non-hydrogen) atoms. The first-order chi connectivity index (χ1) is 10.6. The van der Waals surface area contributed by atoms with Gasteiger partial charge in [0.15, 0.2) is 0 Å². The number of phenols is 1. The number of nitrogens with one attached hydrogen (secondary N) is 1. The number of benzene rings is 1. The summed E-state index contributed by atoms with van der Waals surface area (Å²) in [5, 5.41) is 20.6. The second-order valence-corrected chi connectivity index (χ2v) is 5.20. The van der Waals surface area contributed by atoms with Crippen LogP contribution in [0.15, 0.2) is 30.3 Å². The molecule has 0 fully saturated rings. The summed E-state index contributed by atoms with van der Waals surface area (Å²) in [4.78, 5) is 24.0. The molecule has 6 nitrogen and oxygen atoms in total. The molecule has 2 amide bonds. The number of carboxylic acids is 1. The summed E-state index contributed by atoms with van der Waals surface area (Å²) in [6.45, 7) is 1.52. The molecular formula is C16H20N2O4. The summed E-state index contributed by atoms with van der Waals surface area (Å²) >= 11 is 0. The largest absolute Gasteiger partial charge is 0.508 e. The zero-order chi connectivity index (χ0) is 15.9. The Balaban J connectivity index is 1.81. The minimum absolute atomic E-state index is 0.0607. The Morgan fingerprint density at radius 2 is 1.95 bits per heavy atom. The van der Waals surface area contributed by atoms with Gasteiger partial charge in [0.05, 0.1) is 0 Å². The molecular weight excluding hydrogens is 284 g/mol. The van der Waals surface area contributed by atoms with Crippen molar-refractivity contribution in [2.75, 3.05) is 19.6 Å². The molecule has 118 valence electrons. The third-order valence-corrected chi connectivity index (χ3v) is 3.58. The monoisotopic (exact) mass is 304 g/mol. The quantitative estimate of drug-likeness (QED) is 0.726. The standard InChI is InChI=1S/C16H20N2O4/c19-14-5-3-12(4-6-14)13-7-10-18(11-8-13)16(22)17-9-1-2-15(20)21/h3-7,19H,1-2,8-11H2,(H,17,22)(H,20,21). The molecule has 0 aromatic heterocycles. The topological polar surface area (TPSA) is 89.9 Å². The van der Waals surface area contributed by atoms with Gasteiger partial charge in [-0.15, -0.1) is 0 Å². The molecule has 2 rings (SSSR count). The fourth-order valence-corrected chi connectivity index (χ4v) is 2.34. The van der Waals surface area contributed by atoms with Gasteiger partial charge in [0.2, 0.25) is 0 Å². The first kappa shape index (κ1) is 15.9. The zero-order valence-electron chi connectivity index (χ0n) is 12.3. The number of aliphatic carboxylic acids is 1. The minimum Gasteiger partial charge on any atom is -0.508 e. The van der Waals surface area contributed by atoms with Crippen LogP contribution in [0.5, 0.6) is 5.75 Å². The molecule has 1 aliphatic heterocycles. The summed E-state index contributed by atoms with van der Waals surface area (Å²) < 4.78 is 0. The van der Waals surface area contributed by atoms with Crippen molar-refractivity contribution in [2.24, 2.45) is 0 Å². The first-order valence-electron chi connectivity index (χ1n) is 7.29. The molecule has 1 heterocycles. The predicted octanol–water partition coefficient (Wildman–Crippen LogP) is 2.06. The van der Waals surface area contributed by atoms with Gasteiger partial charge < -0.3 is 20.4 Å². The number of hydrogen-bond donors (Lipinski definition) is 3. The third kappa shape index (κ3) is 4.51. The number of carbonyl (C=O) groups is 2. The number of urea groups is 1. The number of aromatic hydroxyl groups is 1. The summed E-state index contributed by atoms with van der Waals surface area (Å²) in [5.41, 5.74) is 2.22. The molecule has 0 bridgehead atoms. The molecule has 0 radical (unpaired) electrons. The Bertz CT molecular complexity index is 566. The van der Waals surface area contributed by atoms with Crippen LogP contribution in [-0.4, -0.2) is 46.7 Å². The fraction of sp³-hybridized carbons (Fsp3) is 0.375. The molecule has 0 atom stereocenters. The third-order valence-electron chi connectivity index (χ3n) is 3.58. The number of hydrogen-bond acceptors (Lipinski definition) is 3. The lowest BCUT2D eigenvalue weighted by molar-refractivity contribution is -0.137. The zero-order valence-corrected chi connectivity index (χ0v) is 12.3. The van der Waals surface area contributed by atoms with Crippen LogP contribution in [0.2, 0.25) is 0 Å². The van der Waals surface area contributed by atoms with Crippen molar-refractivity contribution in [1.29, 1.82) is 0 Å². The highest BCUT2D eigenvalue weighted by Gasteiger charge is 2.17. The van der Waals surface area contributed by atoms with E-state index in [2.05, 4.69) is 5.32 Å². The maximum atomic E-state index is 11.9. The number of carboxylic acid groups (broad SMARTS) is 1. The highest BCUT2D eigenvalue weighted by atomic mass is 16.4. The van der Waals surface area contributed by atoms with Crippen molar-refractivity contribution in [2.45, 2.75) is 19.3 Å². The van der Waals surface area contributed by atoms with Crippen LogP contribution in [0.1, 0.15) is 24.8 Å². The summed E-state index contributed by atoms with van der Waals surface area (Å²) in [7, 11) is 0. The predicted molar refractivity (Wildman–Crippen MR) is 82.5 cm³/mol. The number of phenolic OH excluding ortho intramolecular Hbond substituents is 1. The molecule has 0 saturated heterocycles. The fourth-order valence-electron chi connectivity index (χ4n) is 2.34. The van der Waals surface area contributed by atoms with Gasteiger partial charge >= 0.3 is 12.0 Å². The Morgan fingerprint density at radius 3 is 2.55 bits per heavy atom. The van der Waals surface area contributed by atoms with E-state index in [9.17, 15) is 14.7 Å². The van der Waals surface area contributed by atoms with E-state index >= 15 is 0 Å². The van der Waals surface area contributed by atoms with Crippen molar-refractivity contribution in [3.63, 3.8) is 0 Å². The van der Waals surface area contributed by atoms with Gasteiger partial charge in [0.25, 0.3) is 0 Å². The van der Waals surface area contributed by atoms with Gasteiger partial charge in [-0.3, -0.25) is 4.79 Å². The Kier molecular flexibility index (Phi) is 5.41. The maximum absolute atomic E-state index is 11.9. The number of amides is 2. The molecule has 1 aromatic carbocycles. The van der Waals surface area contributed by atoms with Crippen molar-refractivity contribution in [1.82, 2.24) is 10.2 Å². The van der Waals surface area contributed by atoms with Crippen molar-refractivity contribution in [3.05, 3.63) is 35.9 Å². The molecule has 3 N–H and O–H groups in total. The van der Waals surface area contributed by atoms with Gasteiger partial charge in [-0.1, -0.05) is 18.2 Å². The van der Waals surface area contributed by atoms with Crippen molar-refractivity contribution < 1.29 is 19.8 Å². The number of carbonyl (C=O) groups excluding carboxylic acids is 1. The molecule has 6 heteroatoms. The van der Waals surface area contributed by atoms with Crippen LogP contribution in [0.4, 0.5) is 4.79 Å². The number of rotatable bonds is 5. The van der Waals surface area contributed by atoms with Crippen molar-refractivity contribution in [3.8, 4) is 5.75 Å². The van der Waals surface area contributed by atoms with Crippen LogP contribution >= 0.6 is 0 Å². The Hall–Kier alpha value is -2.50. The van der Waals surface area contributed by atoms with Crippen LogP contribution in [-0.2, 0) is 4.79 Å². The van der Waals surface area contributed by atoms with Gasteiger partial charge in [-0.25, -0.2) is 4.79 Å². The average Bonchev–Trinajstić information content (AvgIpc) is 2.52. The van der Waals surface area contributed by atoms with Crippen molar-refractivity contribution >= 4 is 17.6 Å². The molecule has 0 aliphatic carbocycles. The SMILES string of the molecule is O=C(O)CCCNC(=O)N1CC=C(c2ccc(O)cc2)CC1. The number of nitrogens with zero attached hydrogens (tertiary/aromatic N) is 1. The van der Waals surface area contributed by atoms with Gasteiger partial charge in [-0.2, -0.15) is 0 Å². The Labute approximate surface area is 129 Å². The average molecular weight is 304 g/mol. The molecule has 0 unspecified atom stereocenters. The van der Waals surface area contributed by atoms with E-state index in [1.165, 1.54) is 0 Å². The van der Waals surface area contributed by atoms with Crippen LogP contribution in [0, 0.1) is 0 Å². The lowest BCUT2D eigenvalue weighted by Crippen LogP contribution is -2.42. The second-order valence-electron chi connectivity index (χ2n) is 5.20. The van der Waals surface area contributed by atoms with Gasteiger partial charge in [-0.05, 0) is 36.1 Å². The van der Waals surface area contributed by atoms with Crippen LogP contribution in [0.25, 0.3) is 5.57 Å². The van der Waals surface area contributed by atoms with E-state index in [-0.39, 0.29) is 18.2 Å². The van der Waals surface area contributed by atoms with E-state index in [1.54, 1.807) is 17.0 Å². The molecule has 0 saturated carbocycles. The van der Waals surface area contributed by atoms with Crippen LogP contribution < -0.4 is 5.32 Å². The second kappa shape index (κ2) is 7.49. The highest BCUT2D eigenvalue weighted by Crippen LogP contribution is 2.23. The minimum atomic E-state index is -0.853. The van der Waals surface area contributed by atoms with E-state index in [1.807, 2.05) is 18.2 Å². The van der Waals surface area contributed by atoms with E-state index < -0.39 is 5.97 Å². The molecule has 0 spiro atoms. The summed E-state index contributed by atoms with van der Waals surface area (Å²) in [6.07, 6.45) is 3.26. The summed E-state index contributed by atoms with van der Waals surface area (Å²) in [6, 6.07) is 6.87.